The molecule has 0 aliphatic rings. The molecule has 0 aliphatic heterocycles. The molecule has 0 spiro atoms. The van der Waals surface area contributed by atoms with Crippen molar-refractivity contribution in [2.45, 2.75) is 51.5 Å². The van der Waals surface area contributed by atoms with Crippen LogP contribution in [0.5, 0.6) is 5.75 Å². The molecule has 3 rings (SSSR count). The van der Waals surface area contributed by atoms with Crippen LogP contribution in [0.1, 0.15) is 55.0 Å². The molecule has 6 nitrogen and oxygen atoms in total. The van der Waals surface area contributed by atoms with Crippen LogP contribution < -0.4 is 14.4 Å². The molecular formula is C28H33ClN2O4S. The van der Waals surface area contributed by atoms with Gasteiger partial charge >= 0.3 is 0 Å². The predicted molar refractivity (Wildman–Crippen MR) is 146 cm³/mol. The van der Waals surface area contributed by atoms with Crippen molar-refractivity contribution < 1.29 is 17.9 Å². The number of methoxy groups -OCH3 is 1. The number of anilines is 1. The average molecular weight is 529 g/mol. The van der Waals surface area contributed by atoms with Crippen LogP contribution >= 0.6 is 11.6 Å². The number of hydrogen-bond donors (Lipinski definition) is 1. The van der Waals surface area contributed by atoms with E-state index in [1.165, 1.54) is 24.3 Å². The molecule has 0 bridgehead atoms. The summed E-state index contributed by atoms with van der Waals surface area (Å²) in [4.78, 5) is 13.3. The van der Waals surface area contributed by atoms with E-state index in [0.29, 0.717) is 10.7 Å². The third-order valence-electron chi connectivity index (χ3n) is 6.06. The normalized spacial score (nSPS) is 12.3. The lowest BCUT2D eigenvalue weighted by Crippen LogP contribution is -2.41. The summed E-state index contributed by atoms with van der Waals surface area (Å²) >= 11 is 5.96. The molecule has 192 valence electrons. The lowest BCUT2D eigenvalue weighted by Gasteiger charge is -2.26. The largest absolute Gasteiger partial charge is 0.496 e. The first kappa shape index (κ1) is 27.6. The summed E-state index contributed by atoms with van der Waals surface area (Å²) in [5.74, 6) is 0.635. The fourth-order valence-corrected chi connectivity index (χ4v) is 5.68. The number of hydrogen-bond acceptors (Lipinski definition) is 4. The number of nitrogens with one attached hydrogen (secondary N) is 1. The minimum Gasteiger partial charge on any atom is -0.496 e. The second-order valence-electron chi connectivity index (χ2n) is 9.20. The maximum atomic E-state index is 13.6. The van der Waals surface area contributed by atoms with E-state index in [1.807, 2.05) is 39.0 Å². The van der Waals surface area contributed by atoms with Gasteiger partial charge in [0.2, 0.25) is 5.91 Å². The zero-order valence-corrected chi connectivity index (χ0v) is 23.1. The van der Waals surface area contributed by atoms with E-state index in [9.17, 15) is 13.2 Å². The molecular weight excluding hydrogens is 496 g/mol. The zero-order valence-electron chi connectivity index (χ0n) is 21.5. The number of amides is 1. The van der Waals surface area contributed by atoms with E-state index < -0.39 is 15.9 Å². The van der Waals surface area contributed by atoms with Gasteiger partial charge in [0.15, 0.2) is 0 Å². The Hall–Kier alpha value is -3.03. The number of halogens is 1. The summed E-state index contributed by atoms with van der Waals surface area (Å²) in [6.07, 6.45) is 0. The first-order chi connectivity index (χ1) is 16.9. The highest BCUT2D eigenvalue weighted by Crippen LogP contribution is 2.32. The molecule has 3 aromatic carbocycles. The van der Waals surface area contributed by atoms with Crippen molar-refractivity contribution >= 4 is 33.2 Å². The summed E-state index contributed by atoms with van der Waals surface area (Å²) < 4.78 is 33.8. The Bertz CT molecular complexity index is 1340. The Morgan fingerprint density at radius 1 is 1.00 bits per heavy atom. The summed E-state index contributed by atoms with van der Waals surface area (Å²) in [5.41, 5.74) is 4.28. The van der Waals surface area contributed by atoms with Gasteiger partial charge in [0.1, 0.15) is 12.3 Å². The van der Waals surface area contributed by atoms with Gasteiger partial charge in [-0.3, -0.25) is 9.10 Å². The van der Waals surface area contributed by atoms with Crippen LogP contribution in [0.15, 0.2) is 65.6 Å². The molecule has 0 saturated heterocycles. The Morgan fingerprint density at radius 2 is 1.67 bits per heavy atom. The molecule has 0 radical (unpaired) electrons. The number of rotatable bonds is 9. The van der Waals surface area contributed by atoms with Crippen LogP contribution in [0.2, 0.25) is 5.02 Å². The fourth-order valence-electron chi connectivity index (χ4n) is 4.14. The molecule has 0 unspecified atom stereocenters. The first-order valence-electron chi connectivity index (χ1n) is 11.8. The molecule has 1 amide bonds. The van der Waals surface area contributed by atoms with E-state index in [2.05, 4.69) is 19.2 Å². The van der Waals surface area contributed by atoms with Crippen LogP contribution in [0, 0.1) is 13.8 Å². The fraction of sp³-hybridized carbons (Fsp3) is 0.321. The minimum absolute atomic E-state index is 0.0572. The van der Waals surface area contributed by atoms with Gasteiger partial charge in [-0.25, -0.2) is 8.42 Å². The highest BCUT2D eigenvalue weighted by Gasteiger charge is 2.28. The van der Waals surface area contributed by atoms with Crippen molar-refractivity contribution in [3.05, 3.63) is 87.9 Å². The van der Waals surface area contributed by atoms with Gasteiger partial charge in [-0.2, -0.15) is 0 Å². The van der Waals surface area contributed by atoms with Crippen molar-refractivity contribution in [3.8, 4) is 5.75 Å². The van der Waals surface area contributed by atoms with E-state index in [1.54, 1.807) is 25.3 Å². The molecule has 0 heterocycles. The first-order valence-corrected chi connectivity index (χ1v) is 13.6. The lowest BCUT2D eigenvalue weighted by atomic mass is 9.93. The molecule has 8 heteroatoms. The van der Waals surface area contributed by atoms with E-state index in [4.69, 9.17) is 16.3 Å². The summed E-state index contributed by atoms with van der Waals surface area (Å²) in [6.45, 7) is 9.53. The maximum absolute atomic E-state index is 13.6. The van der Waals surface area contributed by atoms with Gasteiger partial charge in [-0.05, 0) is 97.5 Å². The molecule has 36 heavy (non-hydrogen) atoms. The van der Waals surface area contributed by atoms with Gasteiger partial charge in [0.05, 0.1) is 23.7 Å². The number of nitrogens with zero attached hydrogens (tertiary/aromatic N) is 1. The van der Waals surface area contributed by atoms with Gasteiger partial charge in [-0.1, -0.05) is 37.6 Å². The predicted octanol–water partition coefficient (Wildman–Crippen LogP) is 6.16. The Morgan fingerprint density at radius 3 is 2.25 bits per heavy atom. The third-order valence-corrected chi connectivity index (χ3v) is 8.10. The second-order valence-corrected chi connectivity index (χ2v) is 11.5. The van der Waals surface area contributed by atoms with Gasteiger partial charge in [-0.15, -0.1) is 0 Å². The van der Waals surface area contributed by atoms with Crippen molar-refractivity contribution in [1.29, 1.82) is 0 Å². The summed E-state index contributed by atoms with van der Waals surface area (Å²) in [6, 6.07) is 16.7. The Balaban J connectivity index is 1.92. The number of carbonyl (C=O) groups is 1. The van der Waals surface area contributed by atoms with Crippen LogP contribution in [0.4, 0.5) is 5.69 Å². The van der Waals surface area contributed by atoms with E-state index >= 15 is 0 Å². The number of carbonyl (C=O) groups excluding carboxylic acids is 1. The van der Waals surface area contributed by atoms with Crippen molar-refractivity contribution in [3.63, 3.8) is 0 Å². The van der Waals surface area contributed by atoms with Gasteiger partial charge in [0.25, 0.3) is 10.0 Å². The van der Waals surface area contributed by atoms with Crippen LogP contribution in [0.3, 0.4) is 0 Å². The minimum atomic E-state index is -4.02. The smallest absolute Gasteiger partial charge is 0.264 e. The molecule has 0 aromatic heterocycles. The van der Waals surface area contributed by atoms with Gasteiger partial charge < -0.3 is 10.1 Å². The maximum Gasteiger partial charge on any atom is 0.264 e. The third kappa shape index (κ3) is 6.20. The van der Waals surface area contributed by atoms with Crippen molar-refractivity contribution in [1.82, 2.24) is 5.32 Å². The number of aryl methyl sites for hydroxylation is 2. The SMILES string of the molecule is COc1cc(C)c([C@H](C)NC(=O)CN(c2cccc(C)c2)S(=O)(=O)c2ccc(Cl)cc2)cc1C(C)C. The number of ether oxygens (including phenoxy) is 1. The summed E-state index contributed by atoms with van der Waals surface area (Å²) in [7, 11) is -2.38. The Kier molecular flexibility index (Phi) is 8.69. The van der Waals surface area contributed by atoms with Crippen LogP contribution in [-0.2, 0) is 14.8 Å². The molecule has 0 aliphatic carbocycles. The number of benzene rings is 3. The Labute approximate surface area is 219 Å². The molecule has 1 N–H and O–H groups in total. The van der Waals surface area contributed by atoms with Crippen molar-refractivity contribution in [2.24, 2.45) is 0 Å². The standard InChI is InChI=1S/C28H33ClN2O4S/c1-18(2)25-16-26(20(4)15-27(25)35-6)21(5)30-28(32)17-31(23-9-7-8-19(3)14-23)36(33,34)24-12-10-22(29)11-13-24/h7-16,18,21H,17H2,1-6H3,(H,30,32)/t21-/m0/s1. The van der Waals surface area contributed by atoms with Crippen LogP contribution in [-0.4, -0.2) is 28.0 Å². The van der Waals surface area contributed by atoms with E-state index in [-0.39, 0.29) is 23.4 Å². The van der Waals surface area contributed by atoms with Crippen molar-refractivity contribution in [2.75, 3.05) is 18.0 Å². The molecule has 3 aromatic rings. The monoisotopic (exact) mass is 528 g/mol. The number of sulfonamides is 1. The summed E-state index contributed by atoms with van der Waals surface area (Å²) in [5, 5.41) is 3.41. The van der Waals surface area contributed by atoms with E-state index in [0.717, 1.165) is 32.3 Å². The molecule has 0 saturated carbocycles. The highest BCUT2D eigenvalue weighted by atomic mass is 35.5. The van der Waals surface area contributed by atoms with Gasteiger partial charge in [0, 0.05) is 5.02 Å². The zero-order chi connectivity index (χ0) is 26.6. The topological polar surface area (TPSA) is 75.7 Å². The molecule has 1 atom stereocenters. The average Bonchev–Trinajstić information content (AvgIpc) is 2.82. The lowest BCUT2D eigenvalue weighted by molar-refractivity contribution is -0.120. The van der Waals surface area contributed by atoms with Crippen LogP contribution in [0.25, 0.3) is 0 Å². The highest BCUT2D eigenvalue weighted by molar-refractivity contribution is 7.92. The second kappa shape index (κ2) is 11.4. The quantitative estimate of drug-likeness (QED) is 0.361. The molecule has 0 fully saturated rings.